The van der Waals surface area contributed by atoms with E-state index in [1.807, 2.05) is 13.1 Å². The zero-order chi connectivity index (χ0) is 15.9. The van der Waals surface area contributed by atoms with E-state index in [2.05, 4.69) is 34.3 Å². The zero-order valence-electron chi connectivity index (χ0n) is 13.4. The number of hydrogen-bond acceptors (Lipinski definition) is 4. The summed E-state index contributed by atoms with van der Waals surface area (Å²) in [6.45, 7) is 3.87. The maximum absolute atomic E-state index is 12.9. The van der Waals surface area contributed by atoms with Gasteiger partial charge in [-0.2, -0.15) is 0 Å². The molecule has 1 aromatic carbocycles. The quantitative estimate of drug-likeness (QED) is 0.799. The summed E-state index contributed by atoms with van der Waals surface area (Å²) in [4.78, 5) is 11.0. The molecule has 4 nitrogen and oxygen atoms in total. The summed E-state index contributed by atoms with van der Waals surface area (Å²) in [5.74, 6) is 0.452. The van der Waals surface area contributed by atoms with Crippen molar-refractivity contribution in [1.82, 2.24) is 14.9 Å². The lowest BCUT2D eigenvalue weighted by Gasteiger charge is -2.11. The summed E-state index contributed by atoms with van der Waals surface area (Å²) >= 11 is 0. The van der Waals surface area contributed by atoms with Crippen LogP contribution in [-0.2, 0) is 6.42 Å². The molecule has 118 valence electrons. The number of hydrogen-bond donors (Lipinski definition) is 1. The minimum absolute atomic E-state index is 0.214. The lowest BCUT2D eigenvalue weighted by molar-refractivity contribution is 0.405. The standard InChI is InChI=1S/C17H23FN4/c1-13-15(11-14-5-7-16(18)8-6-14)12-20-17(21-13)19-9-4-10-22(2)3/h5-8,12H,4,9-11H2,1-3H3,(H,19,20,21). The lowest BCUT2D eigenvalue weighted by atomic mass is 10.1. The molecule has 0 amide bonds. The molecule has 0 fully saturated rings. The number of benzene rings is 1. The normalized spacial score (nSPS) is 11.0. The molecular weight excluding hydrogens is 279 g/mol. The molecule has 1 aromatic heterocycles. The van der Waals surface area contributed by atoms with Gasteiger partial charge in [0.15, 0.2) is 0 Å². The minimum Gasteiger partial charge on any atom is -0.354 e. The highest BCUT2D eigenvalue weighted by atomic mass is 19.1. The van der Waals surface area contributed by atoms with Crippen LogP contribution in [0.4, 0.5) is 10.3 Å². The van der Waals surface area contributed by atoms with Gasteiger partial charge in [-0.05, 0) is 57.2 Å². The zero-order valence-corrected chi connectivity index (χ0v) is 13.4. The molecule has 0 saturated carbocycles. The summed E-state index contributed by atoms with van der Waals surface area (Å²) in [7, 11) is 4.12. The van der Waals surface area contributed by atoms with E-state index in [0.29, 0.717) is 12.4 Å². The van der Waals surface area contributed by atoms with E-state index in [-0.39, 0.29) is 5.82 Å². The second-order valence-corrected chi connectivity index (χ2v) is 5.69. The Bertz CT molecular complexity index is 596. The fraction of sp³-hybridized carbons (Fsp3) is 0.412. The Morgan fingerprint density at radius 1 is 1.18 bits per heavy atom. The minimum atomic E-state index is -0.214. The molecule has 0 aliphatic carbocycles. The first-order chi connectivity index (χ1) is 10.5. The van der Waals surface area contributed by atoms with Crippen molar-refractivity contribution in [2.24, 2.45) is 0 Å². The molecule has 0 aliphatic rings. The van der Waals surface area contributed by atoms with Crippen LogP contribution in [-0.4, -0.2) is 42.1 Å². The van der Waals surface area contributed by atoms with E-state index in [4.69, 9.17) is 0 Å². The Morgan fingerprint density at radius 3 is 2.55 bits per heavy atom. The number of nitrogens with zero attached hydrogens (tertiary/aromatic N) is 3. The van der Waals surface area contributed by atoms with Gasteiger partial charge < -0.3 is 10.2 Å². The molecule has 22 heavy (non-hydrogen) atoms. The average Bonchev–Trinajstić information content (AvgIpc) is 2.48. The summed E-state index contributed by atoms with van der Waals surface area (Å²) in [6.07, 6.45) is 3.61. The van der Waals surface area contributed by atoms with E-state index in [1.165, 1.54) is 12.1 Å². The molecule has 2 aromatic rings. The Kier molecular flexibility index (Phi) is 5.83. The SMILES string of the molecule is Cc1nc(NCCCN(C)C)ncc1Cc1ccc(F)cc1. The van der Waals surface area contributed by atoms with Crippen molar-refractivity contribution in [3.63, 3.8) is 0 Å². The van der Waals surface area contributed by atoms with E-state index < -0.39 is 0 Å². The van der Waals surface area contributed by atoms with Gasteiger partial charge >= 0.3 is 0 Å². The van der Waals surface area contributed by atoms with E-state index in [0.717, 1.165) is 36.3 Å². The van der Waals surface area contributed by atoms with Crippen LogP contribution in [0.25, 0.3) is 0 Å². The molecule has 0 aliphatic heterocycles. The van der Waals surface area contributed by atoms with Gasteiger partial charge in [0.25, 0.3) is 0 Å². The number of nitrogens with one attached hydrogen (secondary N) is 1. The molecule has 0 radical (unpaired) electrons. The first kappa shape index (κ1) is 16.4. The second kappa shape index (κ2) is 7.84. The van der Waals surface area contributed by atoms with Crippen molar-refractivity contribution in [2.75, 3.05) is 32.5 Å². The number of rotatable bonds is 7. The third-order valence-corrected chi connectivity index (χ3v) is 3.45. The smallest absolute Gasteiger partial charge is 0.222 e. The van der Waals surface area contributed by atoms with Gasteiger partial charge in [-0.25, -0.2) is 14.4 Å². The summed E-state index contributed by atoms with van der Waals surface area (Å²) < 4.78 is 12.9. The molecular formula is C17H23FN4. The van der Waals surface area contributed by atoms with Crippen molar-refractivity contribution < 1.29 is 4.39 Å². The molecule has 0 atom stereocenters. The van der Waals surface area contributed by atoms with Crippen LogP contribution in [0.3, 0.4) is 0 Å². The predicted molar refractivity (Wildman–Crippen MR) is 87.6 cm³/mol. The van der Waals surface area contributed by atoms with Gasteiger partial charge in [0.05, 0.1) is 0 Å². The van der Waals surface area contributed by atoms with Crippen LogP contribution in [0.15, 0.2) is 30.5 Å². The van der Waals surface area contributed by atoms with Crippen LogP contribution in [0.2, 0.25) is 0 Å². The predicted octanol–water partition coefficient (Wildman–Crippen LogP) is 2.88. The molecule has 0 spiro atoms. The highest BCUT2D eigenvalue weighted by Gasteiger charge is 2.05. The third kappa shape index (κ3) is 5.07. The Hall–Kier alpha value is -2.01. The molecule has 0 saturated heterocycles. The van der Waals surface area contributed by atoms with Crippen LogP contribution >= 0.6 is 0 Å². The Morgan fingerprint density at radius 2 is 1.91 bits per heavy atom. The van der Waals surface area contributed by atoms with Gasteiger partial charge in [0.1, 0.15) is 5.82 Å². The molecule has 0 bridgehead atoms. The van der Waals surface area contributed by atoms with E-state index in [1.54, 1.807) is 12.1 Å². The van der Waals surface area contributed by atoms with Gasteiger partial charge in [-0.1, -0.05) is 12.1 Å². The van der Waals surface area contributed by atoms with Crippen molar-refractivity contribution in [1.29, 1.82) is 0 Å². The first-order valence-electron chi connectivity index (χ1n) is 7.50. The van der Waals surface area contributed by atoms with Crippen molar-refractivity contribution in [3.05, 3.63) is 53.1 Å². The molecule has 2 rings (SSSR count). The maximum Gasteiger partial charge on any atom is 0.222 e. The van der Waals surface area contributed by atoms with E-state index >= 15 is 0 Å². The van der Waals surface area contributed by atoms with Crippen molar-refractivity contribution in [2.45, 2.75) is 19.8 Å². The van der Waals surface area contributed by atoms with Gasteiger partial charge in [0, 0.05) is 24.9 Å². The summed E-state index contributed by atoms with van der Waals surface area (Å²) in [6, 6.07) is 6.54. The Balaban J connectivity index is 1.93. The van der Waals surface area contributed by atoms with E-state index in [9.17, 15) is 4.39 Å². The molecule has 1 heterocycles. The Labute approximate surface area is 131 Å². The fourth-order valence-electron chi connectivity index (χ4n) is 2.17. The fourth-order valence-corrected chi connectivity index (χ4v) is 2.17. The monoisotopic (exact) mass is 302 g/mol. The van der Waals surface area contributed by atoms with Crippen molar-refractivity contribution >= 4 is 5.95 Å². The first-order valence-corrected chi connectivity index (χ1v) is 7.50. The second-order valence-electron chi connectivity index (χ2n) is 5.69. The number of anilines is 1. The van der Waals surface area contributed by atoms with Gasteiger partial charge in [0.2, 0.25) is 5.95 Å². The third-order valence-electron chi connectivity index (χ3n) is 3.45. The summed E-state index contributed by atoms with van der Waals surface area (Å²) in [5.41, 5.74) is 3.07. The summed E-state index contributed by atoms with van der Waals surface area (Å²) in [5, 5.41) is 3.24. The number of halogens is 1. The van der Waals surface area contributed by atoms with Crippen molar-refractivity contribution in [3.8, 4) is 0 Å². The van der Waals surface area contributed by atoms with Crippen LogP contribution < -0.4 is 5.32 Å². The average molecular weight is 302 g/mol. The highest BCUT2D eigenvalue weighted by Crippen LogP contribution is 2.13. The lowest BCUT2D eigenvalue weighted by Crippen LogP contribution is -2.17. The molecule has 1 N–H and O–H groups in total. The topological polar surface area (TPSA) is 41.1 Å². The largest absolute Gasteiger partial charge is 0.354 e. The van der Waals surface area contributed by atoms with Crippen LogP contribution in [0.1, 0.15) is 23.2 Å². The highest BCUT2D eigenvalue weighted by molar-refractivity contribution is 5.32. The van der Waals surface area contributed by atoms with Crippen LogP contribution in [0, 0.1) is 12.7 Å². The number of aromatic nitrogens is 2. The van der Waals surface area contributed by atoms with Gasteiger partial charge in [-0.15, -0.1) is 0 Å². The maximum atomic E-state index is 12.9. The number of aryl methyl sites for hydroxylation is 1. The van der Waals surface area contributed by atoms with Gasteiger partial charge in [-0.3, -0.25) is 0 Å². The molecule has 0 unspecified atom stereocenters. The molecule has 5 heteroatoms. The van der Waals surface area contributed by atoms with Crippen LogP contribution in [0.5, 0.6) is 0 Å².